The molecule has 3 N–H and O–H groups in total. The van der Waals surface area contributed by atoms with Gasteiger partial charge in [-0.25, -0.2) is 0 Å². The van der Waals surface area contributed by atoms with E-state index in [1.807, 2.05) is 24.5 Å². The van der Waals surface area contributed by atoms with Gasteiger partial charge in [-0.05, 0) is 31.4 Å². The minimum Gasteiger partial charge on any atom is -0.464 e. The van der Waals surface area contributed by atoms with Crippen LogP contribution in [0, 0.1) is 5.92 Å². The van der Waals surface area contributed by atoms with E-state index in [-0.39, 0.29) is 6.04 Å². The zero-order chi connectivity index (χ0) is 11.7. The number of rotatable bonds is 5. The maximum Gasteiger partial charge on any atom is 0.134 e. The predicted octanol–water partition coefficient (Wildman–Crippen LogP) is 2.43. The van der Waals surface area contributed by atoms with Crippen LogP contribution in [0.2, 0.25) is 0 Å². The summed E-state index contributed by atoms with van der Waals surface area (Å²) >= 11 is 0. The Kier molecular flexibility index (Phi) is 2.87. The molecule has 0 radical (unpaired) electrons. The molecule has 0 spiro atoms. The highest BCUT2D eigenvalue weighted by Crippen LogP contribution is 2.30. The molecule has 1 aliphatic carbocycles. The lowest BCUT2D eigenvalue weighted by atomic mass is 10.1. The lowest BCUT2D eigenvalue weighted by Crippen LogP contribution is -2.29. The van der Waals surface area contributed by atoms with Crippen molar-refractivity contribution in [3.8, 4) is 0 Å². The van der Waals surface area contributed by atoms with Crippen LogP contribution in [0.3, 0.4) is 0 Å². The molecule has 3 rings (SSSR count). The van der Waals surface area contributed by atoms with Gasteiger partial charge in [0.25, 0.3) is 0 Å². The third-order valence-corrected chi connectivity index (χ3v) is 3.47. The lowest BCUT2D eigenvalue weighted by molar-refractivity contribution is 0.514. The summed E-state index contributed by atoms with van der Waals surface area (Å²) < 4.78 is 5.56. The van der Waals surface area contributed by atoms with Gasteiger partial charge in [0.1, 0.15) is 5.58 Å². The Balaban J connectivity index is 1.83. The molecular weight excluding hydrogens is 212 g/mol. The highest BCUT2D eigenvalue weighted by atomic mass is 16.3. The third-order valence-electron chi connectivity index (χ3n) is 3.47. The van der Waals surface area contributed by atoms with E-state index in [0.717, 1.165) is 18.0 Å². The van der Waals surface area contributed by atoms with E-state index in [1.54, 1.807) is 0 Å². The second-order valence-corrected chi connectivity index (χ2v) is 4.83. The zero-order valence-corrected chi connectivity index (χ0v) is 9.86. The van der Waals surface area contributed by atoms with E-state index in [1.165, 1.54) is 23.8 Å². The predicted molar refractivity (Wildman–Crippen MR) is 68.7 cm³/mol. The van der Waals surface area contributed by atoms with Crippen molar-refractivity contribution >= 4 is 11.0 Å². The van der Waals surface area contributed by atoms with Gasteiger partial charge in [0, 0.05) is 23.5 Å². The molecule has 0 bridgehead atoms. The second-order valence-electron chi connectivity index (χ2n) is 4.83. The monoisotopic (exact) mass is 230 g/mol. The van der Waals surface area contributed by atoms with Crippen molar-refractivity contribution in [2.75, 3.05) is 13.1 Å². The third kappa shape index (κ3) is 2.21. The Morgan fingerprint density at radius 2 is 2.18 bits per heavy atom. The van der Waals surface area contributed by atoms with Crippen LogP contribution in [0.4, 0.5) is 0 Å². The summed E-state index contributed by atoms with van der Waals surface area (Å²) in [6.07, 6.45) is 4.55. The Hall–Kier alpha value is -1.32. The number of nitrogens with one attached hydrogen (secondary N) is 1. The van der Waals surface area contributed by atoms with E-state index >= 15 is 0 Å². The highest BCUT2D eigenvalue weighted by molar-refractivity contribution is 5.81. The SMILES string of the molecule is NCC(NCC1CC1)c1coc2ccccc12. The fourth-order valence-electron chi connectivity index (χ4n) is 2.22. The van der Waals surface area contributed by atoms with Crippen molar-refractivity contribution in [1.82, 2.24) is 5.32 Å². The fourth-order valence-corrected chi connectivity index (χ4v) is 2.22. The number of hydrogen-bond donors (Lipinski definition) is 2. The molecular formula is C14H18N2O. The van der Waals surface area contributed by atoms with Crippen molar-refractivity contribution in [3.63, 3.8) is 0 Å². The average Bonchev–Trinajstić information content (AvgIpc) is 3.10. The number of benzene rings is 1. The molecule has 17 heavy (non-hydrogen) atoms. The molecule has 90 valence electrons. The molecule has 1 saturated carbocycles. The molecule has 1 aromatic heterocycles. The molecule has 0 saturated heterocycles. The van der Waals surface area contributed by atoms with E-state index in [4.69, 9.17) is 10.2 Å². The van der Waals surface area contributed by atoms with Crippen molar-refractivity contribution in [2.24, 2.45) is 11.7 Å². The van der Waals surface area contributed by atoms with Crippen LogP contribution in [-0.4, -0.2) is 13.1 Å². The molecule has 3 heteroatoms. The van der Waals surface area contributed by atoms with E-state index in [0.29, 0.717) is 6.54 Å². The molecule has 2 aromatic rings. The molecule has 3 nitrogen and oxygen atoms in total. The standard InChI is InChI=1S/C14H18N2O/c15-7-13(16-8-10-5-6-10)12-9-17-14-4-2-1-3-11(12)14/h1-4,9-10,13,16H,5-8,15H2. The highest BCUT2D eigenvalue weighted by Gasteiger charge is 2.23. The first-order valence-electron chi connectivity index (χ1n) is 6.28. The van der Waals surface area contributed by atoms with Crippen LogP contribution in [-0.2, 0) is 0 Å². The average molecular weight is 230 g/mol. The summed E-state index contributed by atoms with van der Waals surface area (Å²) in [6.45, 7) is 1.68. The number of nitrogens with two attached hydrogens (primary N) is 1. The Morgan fingerprint density at radius 1 is 1.35 bits per heavy atom. The van der Waals surface area contributed by atoms with E-state index in [2.05, 4.69) is 11.4 Å². The van der Waals surface area contributed by atoms with Gasteiger partial charge in [0.15, 0.2) is 0 Å². The molecule has 0 amide bonds. The summed E-state index contributed by atoms with van der Waals surface area (Å²) in [7, 11) is 0. The summed E-state index contributed by atoms with van der Waals surface area (Å²) in [5, 5.41) is 4.71. The van der Waals surface area contributed by atoms with Gasteiger partial charge in [-0.3, -0.25) is 0 Å². The van der Waals surface area contributed by atoms with E-state index in [9.17, 15) is 0 Å². The Morgan fingerprint density at radius 3 is 2.94 bits per heavy atom. The summed E-state index contributed by atoms with van der Waals surface area (Å²) in [4.78, 5) is 0. The quantitative estimate of drug-likeness (QED) is 0.829. The van der Waals surface area contributed by atoms with Crippen molar-refractivity contribution in [2.45, 2.75) is 18.9 Å². The normalized spacial score (nSPS) is 17.5. The molecule has 1 heterocycles. The number of fused-ring (bicyclic) bond motifs is 1. The molecule has 0 aliphatic heterocycles. The maximum absolute atomic E-state index is 5.86. The topological polar surface area (TPSA) is 51.2 Å². The van der Waals surface area contributed by atoms with Crippen molar-refractivity contribution in [1.29, 1.82) is 0 Å². The zero-order valence-electron chi connectivity index (χ0n) is 9.86. The van der Waals surface area contributed by atoms with Crippen LogP contribution in [0.15, 0.2) is 34.9 Å². The van der Waals surface area contributed by atoms with Gasteiger partial charge in [0.05, 0.1) is 6.26 Å². The Labute approximate surface area is 101 Å². The fraction of sp³-hybridized carbons (Fsp3) is 0.429. The smallest absolute Gasteiger partial charge is 0.134 e. The van der Waals surface area contributed by atoms with Crippen LogP contribution in [0.25, 0.3) is 11.0 Å². The number of furan rings is 1. The molecule has 1 aliphatic rings. The van der Waals surface area contributed by atoms with Crippen molar-refractivity contribution in [3.05, 3.63) is 36.1 Å². The van der Waals surface area contributed by atoms with Crippen molar-refractivity contribution < 1.29 is 4.42 Å². The number of hydrogen-bond acceptors (Lipinski definition) is 3. The molecule has 1 fully saturated rings. The lowest BCUT2D eigenvalue weighted by Gasteiger charge is -2.15. The first-order chi connectivity index (χ1) is 8.38. The summed E-state index contributed by atoms with van der Waals surface area (Å²) in [5.41, 5.74) is 7.98. The van der Waals surface area contributed by atoms with Gasteiger partial charge in [-0.2, -0.15) is 0 Å². The largest absolute Gasteiger partial charge is 0.464 e. The molecule has 1 atom stereocenters. The van der Waals surface area contributed by atoms with Gasteiger partial charge in [0.2, 0.25) is 0 Å². The van der Waals surface area contributed by atoms with Gasteiger partial charge < -0.3 is 15.5 Å². The van der Waals surface area contributed by atoms with Gasteiger partial charge >= 0.3 is 0 Å². The van der Waals surface area contributed by atoms with Gasteiger partial charge in [-0.1, -0.05) is 18.2 Å². The second kappa shape index (κ2) is 4.51. The Bertz CT molecular complexity index is 502. The van der Waals surface area contributed by atoms with E-state index < -0.39 is 0 Å². The minimum atomic E-state index is 0.208. The number of para-hydroxylation sites is 1. The van der Waals surface area contributed by atoms with Crippen LogP contribution >= 0.6 is 0 Å². The van der Waals surface area contributed by atoms with Crippen LogP contribution in [0.5, 0.6) is 0 Å². The first kappa shape index (κ1) is 10.8. The first-order valence-corrected chi connectivity index (χ1v) is 6.28. The summed E-state index contributed by atoms with van der Waals surface area (Å²) in [5.74, 6) is 0.863. The summed E-state index contributed by atoms with van der Waals surface area (Å²) in [6, 6.07) is 8.32. The maximum atomic E-state index is 5.86. The van der Waals surface area contributed by atoms with Gasteiger partial charge in [-0.15, -0.1) is 0 Å². The van der Waals surface area contributed by atoms with Crippen LogP contribution in [0.1, 0.15) is 24.4 Å². The molecule has 1 unspecified atom stereocenters. The van der Waals surface area contributed by atoms with Crippen LogP contribution < -0.4 is 11.1 Å². The minimum absolute atomic E-state index is 0.208. The molecule has 1 aromatic carbocycles.